The molecule has 0 radical (unpaired) electrons. The molecule has 1 rings (SSSR count). The highest BCUT2D eigenvalue weighted by Crippen LogP contribution is 2.16. The molecule has 3 N–H and O–H groups in total. The van der Waals surface area contributed by atoms with Gasteiger partial charge >= 0.3 is 0 Å². The van der Waals surface area contributed by atoms with E-state index in [1.165, 1.54) is 6.07 Å². The summed E-state index contributed by atoms with van der Waals surface area (Å²) in [6.45, 7) is 0. The summed E-state index contributed by atoms with van der Waals surface area (Å²) in [6, 6.07) is 4.61. The van der Waals surface area contributed by atoms with Gasteiger partial charge in [-0.05, 0) is 33.6 Å². The molecule has 0 fully saturated rings. The second-order valence-electron chi connectivity index (χ2n) is 2.52. The summed E-state index contributed by atoms with van der Waals surface area (Å²) in [4.78, 5) is 0. The predicted octanol–water partition coefficient (Wildman–Crippen LogP) is 1.88. The number of oxime groups is 1. The maximum Gasteiger partial charge on any atom is 0.143 e. The smallest absolute Gasteiger partial charge is 0.143 e. The molecule has 0 aliphatic rings. The minimum Gasteiger partial charge on any atom is -0.409 e. The highest BCUT2D eigenvalue weighted by Gasteiger charge is 2.02. The molecular formula is C8H8BrFN2O. The van der Waals surface area contributed by atoms with E-state index in [9.17, 15) is 4.39 Å². The van der Waals surface area contributed by atoms with Crippen molar-refractivity contribution in [2.75, 3.05) is 0 Å². The molecule has 0 aromatic heterocycles. The molecule has 0 spiro atoms. The van der Waals surface area contributed by atoms with Crippen molar-refractivity contribution in [3.63, 3.8) is 0 Å². The molecule has 0 saturated heterocycles. The third kappa shape index (κ3) is 2.69. The standard InChI is InChI=1S/C8H8BrFN2O/c9-6-2-1-5(3-7(6)10)4-8(11)12-13/h1-3,13H,4H2,(H2,11,12). The number of amidine groups is 1. The van der Waals surface area contributed by atoms with Crippen molar-refractivity contribution in [2.45, 2.75) is 6.42 Å². The lowest BCUT2D eigenvalue weighted by Crippen LogP contribution is -2.14. The molecule has 13 heavy (non-hydrogen) atoms. The SMILES string of the molecule is NC(Cc1ccc(Br)c(F)c1)=NO. The average Bonchev–Trinajstić information content (AvgIpc) is 2.11. The van der Waals surface area contributed by atoms with Gasteiger partial charge in [-0.15, -0.1) is 0 Å². The van der Waals surface area contributed by atoms with E-state index in [1.807, 2.05) is 0 Å². The van der Waals surface area contributed by atoms with Crippen molar-refractivity contribution >= 4 is 21.8 Å². The van der Waals surface area contributed by atoms with Crippen LogP contribution in [0.5, 0.6) is 0 Å². The van der Waals surface area contributed by atoms with Gasteiger partial charge in [-0.25, -0.2) is 4.39 Å². The van der Waals surface area contributed by atoms with Gasteiger partial charge in [0.1, 0.15) is 11.7 Å². The second kappa shape index (κ2) is 4.23. The van der Waals surface area contributed by atoms with Gasteiger partial charge in [0.15, 0.2) is 0 Å². The first-order valence-electron chi connectivity index (χ1n) is 3.54. The van der Waals surface area contributed by atoms with Crippen LogP contribution in [0.25, 0.3) is 0 Å². The first-order chi connectivity index (χ1) is 6.13. The van der Waals surface area contributed by atoms with Crippen LogP contribution in [0.4, 0.5) is 4.39 Å². The van der Waals surface area contributed by atoms with Crippen molar-refractivity contribution < 1.29 is 9.60 Å². The van der Waals surface area contributed by atoms with Crippen LogP contribution in [0, 0.1) is 5.82 Å². The van der Waals surface area contributed by atoms with Crippen LogP contribution in [0.15, 0.2) is 27.8 Å². The fourth-order valence-electron chi connectivity index (χ4n) is 0.894. The minimum absolute atomic E-state index is 0.0572. The molecule has 1 aromatic carbocycles. The van der Waals surface area contributed by atoms with Crippen LogP contribution in [0.3, 0.4) is 0 Å². The zero-order valence-electron chi connectivity index (χ0n) is 6.67. The molecular weight excluding hydrogens is 239 g/mol. The van der Waals surface area contributed by atoms with Gasteiger partial charge in [-0.3, -0.25) is 0 Å². The molecule has 0 aliphatic heterocycles. The van der Waals surface area contributed by atoms with E-state index < -0.39 is 0 Å². The Labute approximate surface area is 83.2 Å². The third-order valence-electron chi connectivity index (χ3n) is 1.50. The average molecular weight is 247 g/mol. The first kappa shape index (κ1) is 9.98. The summed E-state index contributed by atoms with van der Waals surface area (Å²) in [5.74, 6) is -0.301. The summed E-state index contributed by atoms with van der Waals surface area (Å²) in [6.07, 6.45) is 0.237. The van der Waals surface area contributed by atoms with Gasteiger partial charge < -0.3 is 10.9 Å². The van der Waals surface area contributed by atoms with E-state index in [1.54, 1.807) is 12.1 Å². The number of hydrogen-bond donors (Lipinski definition) is 2. The zero-order chi connectivity index (χ0) is 9.84. The maximum absolute atomic E-state index is 12.9. The number of nitrogens with two attached hydrogens (primary N) is 1. The molecule has 0 aliphatic carbocycles. The Morgan fingerprint density at radius 3 is 2.85 bits per heavy atom. The fourth-order valence-corrected chi connectivity index (χ4v) is 1.14. The van der Waals surface area contributed by atoms with Crippen molar-refractivity contribution in [3.8, 4) is 0 Å². The van der Waals surface area contributed by atoms with Crippen molar-refractivity contribution in [3.05, 3.63) is 34.1 Å². The Kier molecular flexibility index (Phi) is 3.25. The zero-order valence-corrected chi connectivity index (χ0v) is 8.25. The maximum atomic E-state index is 12.9. The fraction of sp³-hybridized carbons (Fsp3) is 0.125. The first-order valence-corrected chi connectivity index (χ1v) is 4.33. The molecule has 0 unspecified atom stereocenters. The van der Waals surface area contributed by atoms with Gasteiger partial charge in [-0.2, -0.15) is 0 Å². The normalized spacial score (nSPS) is 11.7. The quantitative estimate of drug-likeness (QED) is 0.363. The number of benzene rings is 1. The Balaban J connectivity index is 2.86. The summed E-state index contributed by atoms with van der Waals surface area (Å²) >= 11 is 3.03. The van der Waals surface area contributed by atoms with E-state index in [0.29, 0.717) is 10.0 Å². The van der Waals surface area contributed by atoms with Crippen LogP contribution in [0.1, 0.15) is 5.56 Å². The van der Waals surface area contributed by atoms with E-state index in [4.69, 9.17) is 10.9 Å². The molecule has 1 aromatic rings. The topological polar surface area (TPSA) is 58.6 Å². The number of rotatable bonds is 2. The number of nitrogens with zero attached hydrogens (tertiary/aromatic N) is 1. The highest BCUT2D eigenvalue weighted by molar-refractivity contribution is 9.10. The highest BCUT2D eigenvalue weighted by atomic mass is 79.9. The summed E-state index contributed by atoms with van der Waals surface area (Å²) in [7, 11) is 0. The Morgan fingerprint density at radius 1 is 1.62 bits per heavy atom. The Morgan fingerprint density at radius 2 is 2.31 bits per heavy atom. The summed E-state index contributed by atoms with van der Waals surface area (Å²) in [5.41, 5.74) is 5.92. The van der Waals surface area contributed by atoms with Gasteiger partial charge in [-0.1, -0.05) is 11.2 Å². The molecule has 70 valence electrons. The number of hydrogen-bond acceptors (Lipinski definition) is 2. The molecule has 0 atom stereocenters. The van der Waals surface area contributed by atoms with Crippen LogP contribution in [0.2, 0.25) is 0 Å². The molecule has 0 bridgehead atoms. The summed E-state index contributed by atoms with van der Waals surface area (Å²) < 4.78 is 13.3. The van der Waals surface area contributed by atoms with E-state index in [2.05, 4.69) is 21.1 Å². The second-order valence-corrected chi connectivity index (χ2v) is 3.37. The van der Waals surface area contributed by atoms with Gasteiger partial charge in [0.25, 0.3) is 0 Å². The van der Waals surface area contributed by atoms with Gasteiger partial charge in [0.2, 0.25) is 0 Å². The van der Waals surface area contributed by atoms with E-state index in [-0.39, 0.29) is 18.1 Å². The van der Waals surface area contributed by atoms with Crippen molar-refractivity contribution in [2.24, 2.45) is 10.9 Å². The Hall–Kier alpha value is -1.10. The third-order valence-corrected chi connectivity index (χ3v) is 2.14. The van der Waals surface area contributed by atoms with Gasteiger partial charge in [0.05, 0.1) is 4.47 Å². The molecule has 3 nitrogen and oxygen atoms in total. The molecule has 0 saturated carbocycles. The van der Waals surface area contributed by atoms with Crippen molar-refractivity contribution in [1.82, 2.24) is 0 Å². The van der Waals surface area contributed by atoms with Gasteiger partial charge in [0, 0.05) is 6.42 Å². The van der Waals surface area contributed by atoms with Crippen LogP contribution in [-0.2, 0) is 6.42 Å². The Bertz CT molecular complexity index is 341. The minimum atomic E-state index is -0.358. The van der Waals surface area contributed by atoms with Crippen LogP contribution in [-0.4, -0.2) is 11.0 Å². The summed E-state index contributed by atoms with van der Waals surface area (Å²) in [5, 5.41) is 11.1. The molecule has 5 heteroatoms. The number of halogens is 2. The predicted molar refractivity (Wildman–Crippen MR) is 51.2 cm³/mol. The largest absolute Gasteiger partial charge is 0.409 e. The van der Waals surface area contributed by atoms with E-state index in [0.717, 1.165) is 0 Å². The molecule has 0 heterocycles. The lowest BCUT2D eigenvalue weighted by atomic mass is 10.1. The monoisotopic (exact) mass is 246 g/mol. The lowest BCUT2D eigenvalue weighted by molar-refractivity contribution is 0.317. The lowest BCUT2D eigenvalue weighted by Gasteiger charge is -2.00. The van der Waals surface area contributed by atoms with Crippen LogP contribution >= 0.6 is 15.9 Å². The molecule has 0 amide bonds. The van der Waals surface area contributed by atoms with Crippen molar-refractivity contribution in [1.29, 1.82) is 0 Å². The van der Waals surface area contributed by atoms with E-state index >= 15 is 0 Å². The van der Waals surface area contributed by atoms with Crippen LogP contribution < -0.4 is 5.73 Å².